The average molecular weight is 387 g/mol. The molecule has 1 spiro atoms. The monoisotopic (exact) mass is 386 g/mol. The number of amides is 2. The van der Waals surface area contributed by atoms with Crippen LogP contribution in [0, 0.1) is 5.92 Å². The molecule has 1 aromatic carbocycles. The summed E-state index contributed by atoms with van der Waals surface area (Å²) in [6, 6.07) is 8.24. The SMILES string of the molecule is CC(C)CC(=O)N1CCC2(CC1)C[C@@H](CC(=O)NC(C)C)c1ccccc1O2. The number of hydrogen-bond acceptors (Lipinski definition) is 3. The van der Waals surface area contributed by atoms with Gasteiger partial charge in [0.1, 0.15) is 11.4 Å². The van der Waals surface area contributed by atoms with Gasteiger partial charge in [0.15, 0.2) is 0 Å². The van der Waals surface area contributed by atoms with Crippen molar-refractivity contribution in [2.24, 2.45) is 5.92 Å². The van der Waals surface area contributed by atoms with E-state index in [0.717, 1.165) is 43.7 Å². The lowest BCUT2D eigenvalue weighted by molar-refractivity contribution is -0.136. The van der Waals surface area contributed by atoms with Crippen molar-refractivity contribution in [3.8, 4) is 5.75 Å². The minimum absolute atomic E-state index is 0.0939. The van der Waals surface area contributed by atoms with Crippen LogP contribution in [0.4, 0.5) is 0 Å². The summed E-state index contributed by atoms with van der Waals surface area (Å²) in [5.74, 6) is 1.77. The van der Waals surface area contributed by atoms with Crippen LogP contribution < -0.4 is 10.1 Å². The van der Waals surface area contributed by atoms with E-state index in [0.29, 0.717) is 18.8 Å². The third kappa shape index (κ3) is 4.86. The van der Waals surface area contributed by atoms with Crippen LogP contribution in [0.5, 0.6) is 5.75 Å². The van der Waals surface area contributed by atoms with E-state index in [4.69, 9.17) is 4.74 Å². The highest BCUT2D eigenvalue weighted by Crippen LogP contribution is 2.46. The highest BCUT2D eigenvalue weighted by atomic mass is 16.5. The van der Waals surface area contributed by atoms with Crippen molar-refractivity contribution in [2.45, 2.75) is 77.4 Å². The van der Waals surface area contributed by atoms with E-state index in [2.05, 4.69) is 25.2 Å². The maximum absolute atomic E-state index is 12.4. The number of para-hydroxylation sites is 1. The topological polar surface area (TPSA) is 58.6 Å². The molecule has 1 atom stereocenters. The molecule has 28 heavy (non-hydrogen) atoms. The maximum atomic E-state index is 12.4. The van der Waals surface area contributed by atoms with Crippen molar-refractivity contribution in [1.29, 1.82) is 0 Å². The number of carbonyl (C=O) groups excluding carboxylic acids is 2. The molecule has 2 amide bonds. The molecule has 0 radical (unpaired) electrons. The first-order valence-electron chi connectivity index (χ1n) is 10.6. The van der Waals surface area contributed by atoms with Crippen LogP contribution in [0.15, 0.2) is 24.3 Å². The van der Waals surface area contributed by atoms with E-state index >= 15 is 0 Å². The van der Waals surface area contributed by atoms with Gasteiger partial charge in [-0.15, -0.1) is 0 Å². The summed E-state index contributed by atoms with van der Waals surface area (Å²) in [6.45, 7) is 9.61. The Bertz CT molecular complexity index is 706. The summed E-state index contributed by atoms with van der Waals surface area (Å²) < 4.78 is 6.49. The van der Waals surface area contributed by atoms with Gasteiger partial charge in [-0.3, -0.25) is 9.59 Å². The Kier molecular flexibility index (Phi) is 6.31. The molecule has 3 rings (SSSR count). The number of piperidine rings is 1. The van der Waals surface area contributed by atoms with Gasteiger partial charge in [-0.2, -0.15) is 0 Å². The Balaban J connectivity index is 1.72. The Morgan fingerprint density at radius 2 is 1.86 bits per heavy atom. The molecule has 0 unspecified atom stereocenters. The van der Waals surface area contributed by atoms with Gasteiger partial charge in [0.2, 0.25) is 11.8 Å². The predicted octanol–water partition coefficient (Wildman–Crippen LogP) is 3.87. The lowest BCUT2D eigenvalue weighted by atomic mass is 9.76. The first-order valence-corrected chi connectivity index (χ1v) is 10.6. The molecule has 1 fully saturated rings. The van der Waals surface area contributed by atoms with Crippen LogP contribution >= 0.6 is 0 Å². The van der Waals surface area contributed by atoms with E-state index in [1.807, 2.05) is 36.9 Å². The van der Waals surface area contributed by atoms with Crippen LogP contribution in [0.1, 0.15) is 71.3 Å². The molecule has 5 heteroatoms. The van der Waals surface area contributed by atoms with Crippen molar-refractivity contribution in [1.82, 2.24) is 10.2 Å². The number of carbonyl (C=O) groups is 2. The standard InChI is InChI=1S/C23H34N2O3/c1-16(2)13-22(27)25-11-9-23(10-12-25)15-18(14-21(26)24-17(3)4)19-7-5-6-8-20(19)28-23/h5-8,16-18H,9-15H2,1-4H3,(H,24,26)/t18-/m1/s1. The molecular formula is C23H34N2O3. The van der Waals surface area contributed by atoms with Gasteiger partial charge in [-0.05, 0) is 37.8 Å². The molecule has 2 aliphatic heterocycles. The third-order valence-corrected chi connectivity index (χ3v) is 5.80. The molecule has 2 aliphatic rings. The van der Waals surface area contributed by atoms with Crippen LogP contribution in [0.25, 0.3) is 0 Å². The van der Waals surface area contributed by atoms with E-state index in [1.165, 1.54) is 0 Å². The van der Waals surface area contributed by atoms with Gasteiger partial charge < -0.3 is 15.0 Å². The molecule has 1 saturated heterocycles. The number of ether oxygens (including phenoxy) is 1. The number of nitrogens with zero attached hydrogens (tertiary/aromatic N) is 1. The van der Waals surface area contributed by atoms with Crippen molar-refractivity contribution < 1.29 is 14.3 Å². The zero-order valence-corrected chi connectivity index (χ0v) is 17.7. The summed E-state index contributed by atoms with van der Waals surface area (Å²) in [5, 5.41) is 3.02. The molecular weight excluding hydrogens is 352 g/mol. The first-order chi connectivity index (χ1) is 13.3. The van der Waals surface area contributed by atoms with E-state index in [-0.39, 0.29) is 29.4 Å². The van der Waals surface area contributed by atoms with Crippen LogP contribution in [0.2, 0.25) is 0 Å². The summed E-state index contributed by atoms with van der Waals surface area (Å²) >= 11 is 0. The Morgan fingerprint density at radius 1 is 1.18 bits per heavy atom. The van der Waals surface area contributed by atoms with Gasteiger partial charge in [0, 0.05) is 50.7 Å². The fourth-order valence-corrected chi connectivity index (χ4v) is 4.48. The van der Waals surface area contributed by atoms with E-state index in [1.54, 1.807) is 0 Å². The minimum atomic E-state index is -0.272. The predicted molar refractivity (Wildman–Crippen MR) is 110 cm³/mol. The third-order valence-electron chi connectivity index (χ3n) is 5.80. The van der Waals surface area contributed by atoms with Crippen molar-refractivity contribution in [3.63, 3.8) is 0 Å². The fourth-order valence-electron chi connectivity index (χ4n) is 4.48. The van der Waals surface area contributed by atoms with Crippen molar-refractivity contribution in [2.75, 3.05) is 13.1 Å². The zero-order valence-electron chi connectivity index (χ0n) is 17.7. The molecule has 1 aromatic rings. The highest BCUT2D eigenvalue weighted by Gasteiger charge is 2.44. The molecule has 1 N–H and O–H groups in total. The molecule has 0 aromatic heterocycles. The summed E-state index contributed by atoms with van der Waals surface area (Å²) in [6.07, 6.45) is 3.58. The molecule has 0 bridgehead atoms. The number of benzene rings is 1. The second kappa shape index (κ2) is 8.54. The molecule has 5 nitrogen and oxygen atoms in total. The lowest BCUT2D eigenvalue weighted by Crippen LogP contribution is -2.52. The number of likely N-dealkylation sites (tertiary alicyclic amines) is 1. The summed E-state index contributed by atoms with van der Waals surface area (Å²) in [7, 11) is 0. The van der Waals surface area contributed by atoms with Crippen LogP contribution in [-0.2, 0) is 9.59 Å². The van der Waals surface area contributed by atoms with Gasteiger partial charge in [-0.1, -0.05) is 32.0 Å². The Labute approximate surface area is 168 Å². The van der Waals surface area contributed by atoms with Gasteiger partial charge in [-0.25, -0.2) is 0 Å². The second-order valence-corrected chi connectivity index (χ2v) is 9.13. The van der Waals surface area contributed by atoms with Crippen LogP contribution in [0.3, 0.4) is 0 Å². The molecule has 0 saturated carbocycles. The Hall–Kier alpha value is -2.04. The zero-order chi connectivity index (χ0) is 20.3. The number of nitrogens with one attached hydrogen (secondary N) is 1. The van der Waals surface area contributed by atoms with Crippen molar-refractivity contribution >= 4 is 11.8 Å². The van der Waals surface area contributed by atoms with E-state index < -0.39 is 0 Å². The van der Waals surface area contributed by atoms with E-state index in [9.17, 15) is 9.59 Å². The smallest absolute Gasteiger partial charge is 0.222 e. The number of rotatable bonds is 5. The summed E-state index contributed by atoms with van der Waals surface area (Å²) in [5.41, 5.74) is 0.858. The normalized spacial score (nSPS) is 20.8. The largest absolute Gasteiger partial charge is 0.487 e. The average Bonchev–Trinajstić information content (AvgIpc) is 2.61. The van der Waals surface area contributed by atoms with Crippen molar-refractivity contribution in [3.05, 3.63) is 29.8 Å². The molecule has 0 aliphatic carbocycles. The lowest BCUT2D eigenvalue weighted by Gasteiger charge is -2.47. The number of hydrogen-bond donors (Lipinski definition) is 1. The van der Waals surface area contributed by atoms with Gasteiger partial charge in [0.05, 0.1) is 0 Å². The summed E-state index contributed by atoms with van der Waals surface area (Å²) in [4.78, 5) is 26.8. The van der Waals surface area contributed by atoms with Crippen LogP contribution in [-0.4, -0.2) is 41.4 Å². The fraction of sp³-hybridized carbons (Fsp3) is 0.652. The van der Waals surface area contributed by atoms with Gasteiger partial charge >= 0.3 is 0 Å². The second-order valence-electron chi connectivity index (χ2n) is 9.13. The molecule has 2 heterocycles. The minimum Gasteiger partial charge on any atom is -0.487 e. The molecule has 154 valence electrons. The Morgan fingerprint density at radius 3 is 2.50 bits per heavy atom. The maximum Gasteiger partial charge on any atom is 0.222 e. The quantitative estimate of drug-likeness (QED) is 0.836. The number of fused-ring (bicyclic) bond motifs is 1. The highest BCUT2D eigenvalue weighted by molar-refractivity contribution is 5.77. The van der Waals surface area contributed by atoms with Gasteiger partial charge in [0.25, 0.3) is 0 Å². The first kappa shape index (κ1) is 20.7.